The standard InChI is InChI=1S/C23H41N3O2/c1-17(2)20(16-27)26-21(28)23(25-22(26)24,15-19-11-7-4-8-12-19)14-13-18-9-5-3-6-10-18/h17-20,27H,3-16H2,1-2H3,(H2,24,25)/t20-,23-/m1/s1. The van der Waals surface area contributed by atoms with Crippen molar-refractivity contribution in [2.45, 2.75) is 109 Å². The fourth-order valence-electron chi connectivity index (χ4n) is 5.80. The van der Waals surface area contributed by atoms with Crippen LogP contribution in [0.15, 0.2) is 0 Å². The molecule has 0 unspecified atom stereocenters. The van der Waals surface area contributed by atoms with Crippen molar-refractivity contribution in [3.63, 3.8) is 0 Å². The highest BCUT2D eigenvalue weighted by Crippen LogP contribution is 2.39. The molecule has 0 aromatic carbocycles. The average Bonchev–Trinajstić information content (AvgIpc) is 2.93. The number of carbonyl (C=O) groups is 1. The van der Waals surface area contributed by atoms with Gasteiger partial charge in [0.15, 0.2) is 5.96 Å². The molecule has 0 radical (unpaired) electrons. The number of nitrogens with zero attached hydrogens (tertiary/aromatic N) is 1. The van der Waals surface area contributed by atoms with Gasteiger partial charge < -0.3 is 10.4 Å². The van der Waals surface area contributed by atoms with Crippen molar-refractivity contribution >= 4 is 11.9 Å². The van der Waals surface area contributed by atoms with Gasteiger partial charge in [0.25, 0.3) is 5.91 Å². The monoisotopic (exact) mass is 391 g/mol. The Labute approximate surface area is 171 Å². The molecule has 1 heterocycles. The highest BCUT2D eigenvalue weighted by molar-refractivity contribution is 6.08. The van der Waals surface area contributed by atoms with Crippen LogP contribution in [0.4, 0.5) is 0 Å². The first-order chi connectivity index (χ1) is 13.5. The van der Waals surface area contributed by atoms with E-state index in [-0.39, 0.29) is 30.4 Å². The number of hydrogen-bond donors (Lipinski definition) is 3. The van der Waals surface area contributed by atoms with Crippen LogP contribution in [0, 0.1) is 23.2 Å². The lowest BCUT2D eigenvalue weighted by Crippen LogP contribution is -2.51. The van der Waals surface area contributed by atoms with Crippen LogP contribution in [0.25, 0.3) is 0 Å². The number of hydrogen-bond acceptors (Lipinski definition) is 3. The second-order valence-corrected chi connectivity index (χ2v) is 9.98. The fourth-order valence-corrected chi connectivity index (χ4v) is 5.80. The third kappa shape index (κ3) is 4.72. The minimum atomic E-state index is -0.626. The number of amides is 1. The van der Waals surface area contributed by atoms with Gasteiger partial charge in [-0.1, -0.05) is 78.1 Å². The van der Waals surface area contributed by atoms with Crippen LogP contribution in [0.1, 0.15) is 97.3 Å². The van der Waals surface area contributed by atoms with E-state index in [2.05, 4.69) is 5.32 Å². The summed E-state index contributed by atoms with van der Waals surface area (Å²) in [6.07, 6.45) is 15.6. The molecule has 5 nitrogen and oxygen atoms in total. The van der Waals surface area contributed by atoms with Crippen LogP contribution in [-0.2, 0) is 4.79 Å². The van der Waals surface area contributed by atoms with Crippen molar-refractivity contribution in [3.05, 3.63) is 0 Å². The fraction of sp³-hybridized carbons (Fsp3) is 0.913. The number of rotatable bonds is 8. The van der Waals surface area contributed by atoms with Crippen molar-refractivity contribution in [1.29, 1.82) is 5.41 Å². The summed E-state index contributed by atoms with van der Waals surface area (Å²) >= 11 is 0. The summed E-state index contributed by atoms with van der Waals surface area (Å²) in [5.74, 6) is 1.69. The molecule has 1 saturated heterocycles. The maximum absolute atomic E-state index is 13.7. The van der Waals surface area contributed by atoms with E-state index in [1.807, 2.05) is 13.8 Å². The van der Waals surface area contributed by atoms with Crippen LogP contribution in [0.5, 0.6) is 0 Å². The Balaban J connectivity index is 1.78. The number of guanidine groups is 1. The average molecular weight is 392 g/mol. The van der Waals surface area contributed by atoms with E-state index in [0.717, 1.165) is 25.2 Å². The minimum absolute atomic E-state index is 0.0478. The molecule has 0 spiro atoms. The first-order valence-corrected chi connectivity index (χ1v) is 11.8. The zero-order valence-corrected chi connectivity index (χ0v) is 18.0. The SMILES string of the molecule is CC(C)[C@@H](CO)N1C(=N)N[C@](CCC2CCCCC2)(CC2CCCCC2)C1=O. The largest absolute Gasteiger partial charge is 0.394 e. The first-order valence-electron chi connectivity index (χ1n) is 11.8. The van der Waals surface area contributed by atoms with Crippen molar-refractivity contribution in [2.75, 3.05) is 6.61 Å². The lowest BCUT2D eigenvalue weighted by atomic mass is 9.75. The summed E-state index contributed by atoms with van der Waals surface area (Å²) in [6.45, 7) is 3.95. The summed E-state index contributed by atoms with van der Waals surface area (Å²) in [4.78, 5) is 15.3. The molecule has 160 valence electrons. The van der Waals surface area contributed by atoms with Crippen molar-refractivity contribution in [2.24, 2.45) is 17.8 Å². The third-order valence-electron chi connectivity index (χ3n) is 7.58. The maximum atomic E-state index is 13.7. The van der Waals surface area contributed by atoms with Gasteiger partial charge in [0.2, 0.25) is 0 Å². The molecule has 5 heteroatoms. The zero-order chi connectivity index (χ0) is 20.1. The molecule has 3 aliphatic rings. The Morgan fingerprint density at radius 1 is 1.07 bits per heavy atom. The highest BCUT2D eigenvalue weighted by atomic mass is 16.3. The van der Waals surface area contributed by atoms with Gasteiger partial charge in [-0.15, -0.1) is 0 Å². The van der Waals surface area contributed by atoms with Crippen LogP contribution in [0.3, 0.4) is 0 Å². The summed E-state index contributed by atoms with van der Waals surface area (Å²) in [5, 5.41) is 21.8. The van der Waals surface area contributed by atoms with Crippen molar-refractivity contribution < 1.29 is 9.90 Å². The Kier molecular flexibility index (Phi) is 7.41. The van der Waals surface area contributed by atoms with E-state index >= 15 is 0 Å². The molecular formula is C23H41N3O2. The highest BCUT2D eigenvalue weighted by Gasteiger charge is 2.52. The molecule has 2 saturated carbocycles. The maximum Gasteiger partial charge on any atom is 0.255 e. The summed E-state index contributed by atoms with van der Waals surface area (Å²) < 4.78 is 0. The second kappa shape index (κ2) is 9.60. The van der Waals surface area contributed by atoms with Gasteiger partial charge in [-0.3, -0.25) is 15.1 Å². The number of aliphatic hydroxyl groups is 1. The smallest absolute Gasteiger partial charge is 0.255 e. The van der Waals surface area contributed by atoms with Gasteiger partial charge in [-0.2, -0.15) is 0 Å². The Morgan fingerprint density at radius 3 is 2.18 bits per heavy atom. The predicted molar refractivity (Wildman–Crippen MR) is 113 cm³/mol. The van der Waals surface area contributed by atoms with Crippen LogP contribution in [-0.4, -0.2) is 40.1 Å². The molecular weight excluding hydrogens is 350 g/mol. The van der Waals surface area contributed by atoms with Gasteiger partial charge in [-0.05, 0) is 37.0 Å². The topological polar surface area (TPSA) is 76.4 Å². The van der Waals surface area contributed by atoms with E-state index in [0.29, 0.717) is 5.92 Å². The summed E-state index contributed by atoms with van der Waals surface area (Å²) in [6, 6.07) is -0.310. The molecule has 0 bridgehead atoms. The van der Waals surface area contributed by atoms with E-state index < -0.39 is 5.54 Å². The predicted octanol–water partition coefficient (Wildman–Crippen LogP) is 4.44. The van der Waals surface area contributed by atoms with E-state index in [1.54, 1.807) is 4.90 Å². The number of aliphatic hydroxyl groups excluding tert-OH is 1. The van der Waals surface area contributed by atoms with Gasteiger partial charge in [-0.25, -0.2) is 0 Å². The second-order valence-electron chi connectivity index (χ2n) is 9.98. The van der Waals surface area contributed by atoms with Crippen LogP contribution < -0.4 is 5.32 Å². The quantitative estimate of drug-likeness (QED) is 0.572. The molecule has 0 aromatic heterocycles. The molecule has 3 N–H and O–H groups in total. The minimum Gasteiger partial charge on any atom is -0.394 e. The molecule has 0 aromatic rings. The summed E-state index contributed by atoms with van der Waals surface area (Å²) in [7, 11) is 0. The van der Waals surface area contributed by atoms with Crippen molar-refractivity contribution in [1.82, 2.24) is 10.2 Å². The lowest BCUT2D eigenvalue weighted by Gasteiger charge is -2.35. The van der Waals surface area contributed by atoms with Crippen LogP contribution >= 0.6 is 0 Å². The Bertz CT molecular complexity index is 538. The molecule has 28 heavy (non-hydrogen) atoms. The zero-order valence-electron chi connectivity index (χ0n) is 18.0. The molecule has 1 aliphatic heterocycles. The molecule has 1 amide bonds. The van der Waals surface area contributed by atoms with Crippen LogP contribution in [0.2, 0.25) is 0 Å². The van der Waals surface area contributed by atoms with E-state index in [4.69, 9.17) is 5.41 Å². The van der Waals surface area contributed by atoms with Gasteiger partial charge in [0.1, 0.15) is 5.54 Å². The number of carbonyl (C=O) groups excluding carboxylic acids is 1. The molecule has 2 atom stereocenters. The van der Waals surface area contributed by atoms with E-state index in [1.165, 1.54) is 64.2 Å². The lowest BCUT2D eigenvalue weighted by molar-refractivity contribution is -0.135. The Hall–Kier alpha value is -1.10. The Morgan fingerprint density at radius 2 is 1.64 bits per heavy atom. The number of nitrogens with one attached hydrogen (secondary N) is 2. The molecule has 2 aliphatic carbocycles. The normalized spacial score (nSPS) is 28.8. The summed E-state index contributed by atoms with van der Waals surface area (Å²) in [5.41, 5.74) is -0.626. The third-order valence-corrected chi connectivity index (χ3v) is 7.58. The van der Waals surface area contributed by atoms with Crippen molar-refractivity contribution in [3.8, 4) is 0 Å². The molecule has 3 rings (SSSR count). The van der Waals surface area contributed by atoms with Gasteiger partial charge in [0, 0.05) is 0 Å². The van der Waals surface area contributed by atoms with Gasteiger partial charge >= 0.3 is 0 Å². The molecule has 3 fully saturated rings. The van der Waals surface area contributed by atoms with Gasteiger partial charge in [0.05, 0.1) is 12.6 Å². The first kappa shape index (κ1) is 21.6. The van der Waals surface area contributed by atoms with E-state index in [9.17, 15) is 9.90 Å².